The van der Waals surface area contributed by atoms with Crippen LogP contribution in [0.2, 0.25) is 0 Å². The zero-order chi connectivity index (χ0) is 26.6. The van der Waals surface area contributed by atoms with Gasteiger partial charge in [-0.1, -0.05) is 30.3 Å². The summed E-state index contributed by atoms with van der Waals surface area (Å²) in [5, 5.41) is 15.7. The smallest absolute Gasteiger partial charge is 0.343 e. The van der Waals surface area contributed by atoms with Crippen molar-refractivity contribution in [3.8, 4) is 0 Å². The Bertz CT molecular complexity index is 1460. The maximum absolute atomic E-state index is 15.6. The normalized spacial score (nSPS) is 29.6. The molecule has 1 aliphatic carbocycles. The van der Waals surface area contributed by atoms with Gasteiger partial charge in [0.05, 0.1) is 5.60 Å². The number of aromatic nitrogens is 3. The van der Waals surface area contributed by atoms with E-state index < -0.39 is 43.6 Å². The number of H-pyrrole nitrogens is 1. The van der Waals surface area contributed by atoms with Crippen molar-refractivity contribution in [1.82, 2.24) is 19.1 Å². The Morgan fingerprint density at radius 2 is 1.84 bits per heavy atom. The standard InChI is InChI=1S/C26H30F2N4O4S/c1-17-8-9-23(18-6-4-3-5-7-18)37(35,36)32(17)12-19-10-22(28)20(11-21(19)27)26(13-25(2,34)14-26)15-31-16-29-30-24(31)33/h3-7,10-11,16-17,23,34H,8-9,12-15H2,1-2H3,(H,30,33). The first-order chi connectivity index (χ1) is 17.4. The van der Waals surface area contributed by atoms with E-state index in [1.165, 1.54) is 15.2 Å². The molecule has 2 atom stereocenters. The molecule has 8 nitrogen and oxygen atoms in total. The topological polar surface area (TPSA) is 108 Å². The summed E-state index contributed by atoms with van der Waals surface area (Å²) in [6.07, 6.45) is 2.59. The number of hydrogen-bond donors (Lipinski definition) is 2. The Labute approximate surface area is 214 Å². The SMILES string of the molecule is CC1CCC(c2ccccc2)S(=O)(=O)N1Cc1cc(F)c(C2(Cn3cn[nH]c3=O)CC(C)(O)C2)cc1F. The molecular weight excluding hydrogens is 502 g/mol. The second-order valence-corrected chi connectivity index (χ2v) is 12.8. The lowest BCUT2D eigenvalue weighted by atomic mass is 9.56. The molecular formula is C26H30F2N4O4S. The van der Waals surface area contributed by atoms with Gasteiger partial charge in [-0.25, -0.2) is 27.1 Å². The molecule has 2 unspecified atom stereocenters. The van der Waals surface area contributed by atoms with Crippen LogP contribution in [0.3, 0.4) is 0 Å². The molecule has 198 valence electrons. The van der Waals surface area contributed by atoms with Crippen molar-refractivity contribution in [2.24, 2.45) is 0 Å². The van der Waals surface area contributed by atoms with Gasteiger partial charge in [0.25, 0.3) is 0 Å². The van der Waals surface area contributed by atoms with Crippen molar-refractivity contribution in [3.63, 3.8) is 0 Å². The van der Waals surface area contributed by atoms with Crippen LogP contribution in [0.5, 0.6) is 0 Å². The van der Waals surface area contributed by atoms with Crippen LogP contribution in [0.25, 0.3) is 0 Å². The fourth-order valence-corrected chi connectivity index (χ4v) is 8.33. The van der Waals surface area contributed by atoms with Gasteiger partial charge in [0.15, 0.2) is 0 Å². The quantitative estimate of drug-likeness (QED) is 0.506. The number of nitrogens with zero attached hydrogens (tertiary/aromatic N) is 3. The molecule has 37 heavy (non-hydrogen) atoms. The molecule has 1 aliphatic heterocycles. The number of benzene rings is 2. The summed E-state index contributed by atoms with van der Waals surface area (Å²) in [4.78, 5) is 12.0. The van der Waals surface area contributed by atoms with Crippen LogP contribution in [0.1, 0.15) is 61.5 Å². The van der Waals surface area contributed by atoms with Crippen molar-refractivity contribution in [3.05, 3.63) is 87.6 Å². The summed E-state index contributed by atoms with van der Waals surface area (Å²) < 4.78 is 60.7. The summed E-state index contributed by atoms with van der Waals surface area (Å²) >= 11 is 0. The first-order valence-electron chi connectivity index (χ1n) is 12.3. The van der Waals surface area contributed by atoms with Gasteiger partial charge in [0.1, 0.15) is 23.2 Å². The third-order valence-electron chi connectivity index (χ3n) is 7.76. The van der Waals surface area contributed by atoms with Crippen molar-refractivity contribution < 1.29 is 22.3 Å². The Hall–Kier alpha value is -2.89. The Morgan fingerprint density at radius 1 is 1.14 bits per heavy atom. The number of nitrogens with one attached hydrogen (secondary N) is 1. The minimum Gasteiger partial charge on any atom is -0.390 e. The van der Waals surface area contributed by atoms with Gasteiger partial charge >= 0.3 is 5.69 Å². The van der Waals surface area contributed by atoms with E-state index in [0.717, 1.165) is 12.1 Å². The molecule has 11 heteroatoms. The number of hydrogen-bond acceptors (Lipinski definition) is 5. The lowest BCUT2D eigenvalue weighted by Gasteiger charge is -2.52. The lowest BCUT2D eigenvalue weighted by Crippen LogP contribution is -2.56. The molecule has 2 aromatic carbocycles. The van der Waals surface area contributed by atoms with E-state index in [9.17, 15) is 18.3 Å². The highest BCUT2D eigenvalue weighted by molar-refractivity contribution is 7.89. The maximum Gasteiger partial charge on any atom is 0.343 e. The molecule has 2 heterocycles. The highest BCUT2D eigenvalue weighted by atomic mass is 32.2. The fraction of sp³-hybridized carbons (Fsp3) is 0.462. The van der Waals surface area contributed by atoms with Crippen LogP contribution >= 0.6 is 0 Å². The van der Waals surface area contributed by atoms with Crippen LogP contribution < -0.4 is 5.69 Å². The van der Waals surface area contributed by atoms with E-state index in [2.05, 4.69) is 10.2 Å². The number of aliphatic hydroxyl groups is 1. The number of halogens is 2. The molecule has 0 spiro atoms. The number of rotatable bonds is 6. The average Bonchev–Trinajstić information content (AvgIpc) is 3.21. The molecule has 1 aromatic heterocycles. The fourth-order valence-electron chi connectivity index (χ4n) is 6.14. The van der Waals surface area contributed by atoms with E-state index in [1.807, 2.05) is 6.07 Å². The van der Waals surface area contributed by atoms with Gasteiger partial charge < -0.3 is 5.11 Å². The van der Waals surface area contributed by atoms with Gasteiger partial charge in [-0.2, -0.15) is 9.40 Å². The summed E-state index contributed by atoms with van der Waals surface area (Å²) in [7, 11) is -3.82. The minimum atomic E-state index is -3.82. The molecule has 0 radical (unpaired) electrons. The summed E-state index contributed by atoms with van der Waals surface area (Å²) in [5.41, 5.74) is -1.92. The van der Waals surface area contributed by atoms with Crippen LogP contribution in [-0.4, -0.2) is 44.2 Å². The summed E-state index contributed by atoms with van der Waals surface area (Å²) in [5.74, 6) is -1.43. The largest absolute Gasteiger partial charge is 0.390 e. The molecule has 2 aliphatic rings. The Balaban J connectivity index is 1.47. The average molecular weight is 533 g/mol. The molecule has 0 amide bonds. The van der Waals surface area contributed by atoms with Crippen LogP contribution in [0.4, 0.5) is 8.78 Å². The van der Waals surface area contributed by atoms with E-state index in [1.54, 1.807) is 38.1 Å². The predicted molar refractivity (Wildman–Crippen MR) is 133 cm³/mol. The van der Waals surface area contributed by atoms with E-state index in [4.69, 9.17) is 0 Å². The second kappa shape index (κ2) is 9.14. The molecule has 3 aromatic rings. The van der Waals surface area contributed by atoms with Gasteiger partial charge in [-0.15, -0.1) is 0 Å². The molecule has 1 saturated carbocycles. The number of sulfonamides is 1. The van der Waals surface area contributed by atoms with Gasteiger partial charge in [-0.3, -0.25) is 4.57 Å². The maximum atomic E-state index is 15.6. The third-order valence-corrected chi connectivity index (χ3v) is 10.1. The van der Waals surface area contributed by atoms with Crippen LogP contribution in [-0.2, 0) is 28.5 Å². The van der Waals surface area contributed by atoms with Crippen molar-refractivity contribution in [2.75, 3.05) is 0 Å². The molecule has 0 bridgehead atoms. The molecule has 2 fully saturated rings. The first kappa shape index (κ1) is 25.7. The molecule has 1 saturated heterocycles. The van der Waals surface area contributed by atoms with Gasteiger partial charge in [0.2, 0.25) is 10.0 Å². The zero-order valence-corrected chi connectivity index (χ0v) is 21.5. The third kappa shape index (κ3) is 4.64. The second-order valence-electron chi connectivity index (χ2n) is 10.8. The van der Waals surface area contributed by atoms with E-state index in [0.29, 0.717) is 18.4 Å². The Kier molecular flexibility index (Phi) is 6.36. The monoisotopic (exact) mass is 532 g/mol. The summed E-state index contributed by atoms with van der Waals surface area (Å²) in [6, 6.07) is 10.7. The highest BCUT2D eigenvalue weighted by Gasteiger charge is 2.54. The Morgan fingerprint density at radius 3 is 2.46 bits per heavy atom. The van der Waals surface area contributed by atoms with E-state index in [-0.39, 0.29) is 43.1 Å². The molecule has 5 rings (SSSR count). The van der Waals surface area contributed by atoms with Crippen molar-refractivity contribution >= 4 is 10.0 Å². The van der Waals surface area contributed by atoms with Crippen molar-refractivity contribution in [1.29, 1.82) is 0 Å². The van der Waals surface area contributed by atoms with Crippen molar-refractivity contribution in [2.45, 2.75) is 74.9 Å². The first-order valence-corrected chi connectivity index (χ1v) is 13.8. The summed E-state index contributed by atoms with van der Waals surface area (Å²) in [6.45, 7) is 3.11. The zero-order valence-electron chi connectivity index (χ0n) is 20.7. The highest BCUT2D eigenvalue weighted by Crippen LogP contribution is 2.52. The predicted octanol–water partition coefficient (Wildman–Crippen LogP) is 3.39. The van der Waals surface area contributed by atoms with Crippen LogP contribution in [0.15, 0.2) is 53.6 Å². The van der Waals surface area contributed by atoms with Gasteiger partial charge in [0, 0.05) is 30.1 Å². The number of aromatic amines is 1. The van der Waals surface area contributed by atoms with E-state index >= 15 is 8.78 Å². The lowest BCUT2D eigenvalue weighted by molar-refractivity contribution is -0.0834. The molecule has 2 N–H and O–H groups in total. The van der Waals surface area contributed by atoms with Gasteiger partial charge in [-0.05, 0) is 62.8 Å². The van der Waals surface area contributed by atoms with Crippen LogP contribution in [0, 0.1) is 11.6 Å². The minimum absolute atomic E-state index is 0.0183.